The molecule has 1 unspecified atom stereocenters. The lowest BCUT2D eigenvalue weighted by Crippen LogP contribution is -2.34. The fraction of sp³-hybridized carbons (Fsp3) is 0.643. The summed E-state index contributed by atoms with van der Waals surface area (Å²) in [5.41, 5.74) is 6.00. The summed E-state index contributed by atoms with van der Waals surface area (Å²) in [6.45, 7) is 6.62. The normalized spacial score (nSPS) is 17.6. The first-order chi connectivity index (χ1) is 9.19. The van der Waals surface area contributed by atoms with Crippen LogP contribution in [0.1, 0.15) is 35.9 Å². The van der Waals surface area contributed by atoms with E-state index in [1.54, 1.807) is 6.07 Å². The highest BCUT2D eigenvalue weighted by Crippen LogP contribution is 2.10. The lowest BCUT2D eigenvalue weighted by Gasteiger charge is -2.20. The first-order valence-electron chi connectivity index (χ1n) is 6.97. The van der Waals surface area contributed by atoms with E-state index < -0.39 is 0 Å². The number of furan rings is 1. The SMILES string of the molecule is CC(CNC(=O)c1coc(CN)c1)CN1CCCC1. The van der Waals surface area contributed by atoms with Crippen molar-refractivity contribution >= 4 is 5.91 Å². The molecule has 1 aliphatic heterocycles. The van der Waals surface area contributed by atoms with E-state index in [4.69, 9.17) is 10.2 Å². The molecule has 2 heterocycles. The molecule has 0 radical (unpaired) electrons. The molecule has 1 aromatic rings. The zero-order valence-electron chi connectivity index (χ0n) is 11.5. The average Bonchev–Trinajstić information content (AvgIpc) is 3.06. The Morgan fingerprint density at radius 1 is 1.53 bits per heavy atom. The average molecular weight is 265 g/mol. The Bertz CT molecular complexity index is 411. The summed E-state index contributed by atoms with van der Waals surface area (Å²) in [6, 6.07) is 1.69. The van der Waals surface area contributed by atoms with Crippen LogP contribution in [0.5, 0.6) is 0 Å². The highest BCUT2D eigenvalue weighted by Gasteiger charge is 2.16. The maximum atomic E-state index is 11.9. The number of carbonyl (C=O) groups is 1. The minimum absolute atomic E-state index is 0.0864. The molecule has 1 aliphatic rings. The first-order valence-corrected chi connectivity index (χ1v) is 6.97. The predicted molar refractivity (Wildman–Crippen MR) is 73.8 cm³/mol. The molecule has 1 fully saturated rings. The lowest BCUT2D eigenvalue weighted by molar-refractivity contribution is 0.0944. The molecule has 2 rings (SSSR count). The van der Waals surface area contributed by atoms with E-state index in [2.05, 4.69) is 17.1 Å². The summed E-state index contributed by atoms with van der Waals surface area (Å²) < 4.78 is 5.16. The summed E-state index contributed by atoms with van der Waals surface area (Å²) in [4.78, 5) is 14.3. The van der Waals surface area contributed by atoms with Gasteiger partial charge >= 0.3 is 0 Å². The van der Waals surface area contributed by atoms with Gasteiger partial charge in [-0.1, -0.05) is 6.92 Å². The molecular weight excluding hydrogens is 242 g/mol. The van der Waals surface area contributed by atoms with Gasteiger partial charge in [-0.15, -0.1) is 0 Å². The summed E-state index contributed by atoms with van der Waals surface area (Å²) >= 11 is 0. The van der Waals surface area contributed by atoms with Gasteiger partial charge in [0.15, 0.2) is 0 Å². The molecule has 5 nitrogen and oxygen atoms in total. The van der Waals surface area contributed by atoms with E-state index in [1.807, 2.05) is 0 Å². The highest BCUT2D eigenvalue weighted by atomic mass is 16.3. The number of carbonyl (C=O) groups excluding carboxylic acids is 1. The summed E-state index contributed by atoms with van der Waals surface area (Å²) in [5.74, 6) is 1.01. The second kappa shape index (κ2) is 6.73. The largest absolute Gasteiger partial charge is 0.467 e. The smallest absolute Gasteiger partial charge is 0.254 e. The molecule has 1 aromatic heterocycles. The number of hydrogen-bond donors (Lipinski definition) is 2. The minimum Gasteiger partial charge on any atom is -0.467 e. The molecule has 1 saturated heterocycles. The van der Waals surface area contributed by atoms with Gasteiger partial charge in [0, 0.05) is 13.1 Å². The highest BCUT2D eigenvalue weighted by molar-refractivity contribution is 5.93. The Morgan fingerprint density at radius 3 is 2.89 bits per heavy atom. The van der Waals surface area contributed by atoms with Crippen LogP contribution in [0.15, 0.2) is 16.7 Å². The molecule has 5 heteroatoms. The Kier molecular flexibility index (Phi) is 4.99. The molecule has 3 N–H and O–H groups in total. The lowest BCUT2D eigenvalue weighted by atomic mass is 10.1. The number of amides is 1. The van der Waals surface area contributed by atoms with Crippen LogP contribution in [0.4, 0.5) is 0 Å². The fourth-order valence-electron chi connectivity index (χ4n) is 2.45. The van der Waals surface area contributed by atoms with E-state index in [-0.39, 0.29) is 5.91 Å². The van der Waals surface area contributed by atoms with Gasteiger partial charge in [0.2, 0.25) is 0 Å². The number of nitrogens with two attached hydrogens (primary N) is 1. The number of likely N-dealkylation sites (tertiary alicyclic amines) is 1. The summed E-state index contributed by atoms with van der Waals surface area (Å²) in [6.07, 6.45) is 4.06. The van der Waals surface area contributed by atoms with Gasteiger partial charge in [-0.2, -0.15) is 0 Å². The van der Waals surface area contributed by atoms with Crippen molar-refractivity contribution < 1.29 is 9.21 Å². The van der Waals surface area contributed by atoms with Crippen molar-refractivity contribution in [3.05, 3.63) is 23.7 Å². The van der Waals surface area contributed by atoms with Crippen LogP contribution in [-0.4, -0.2) is 37.0 Å². The summed E-state index contributed by atoms with van der Waals surface area (Å²) in [5, 5.41) is 2.94. The molecule has 0 bridgehead atoms. The van der Waals surface area contributed by atoms with Crippen molar-refractivity contribution in [2.24, 2.45) is 11.7 Å². The second-order valence-electron chi connectivity index (χ2n) is 5.33. The quantitative estimate of drug-likeness (QED) is 0.810. The third-order valence-corrected chi connectivity index (χ3v) is 3.50. The van der Waals surface area contributed by atoms with Crippen molar-refractivity contribution in [2.75, 3.05) is 26.2 Å². The van der Waals surface area contributed by atoms with Gasteiger partial charge < -0.3 is 20.4 Å². The molecular formula is C14H23N3O2. The third-order valence-electron chi connectivity index (χ3n) is 3.50. The van der Waals surface area contributed by atoms with Gasteiger partial charge in [0.25, 0.3) is 5.91 Å². The van der Waals surface area contributed by atoms with Crippen LogP contribution in [0, 0.1) is 5.92 Å². The van der Waals surface area contributed by atoms with Gasteiger partial charge in [0.05, 0.1) is 12.1 Å². The Balaban J connectivity index is 1.73. The van der Waals surface area contributed by atoms with E-state index >= 15 is 0 Å². The molecule has 0 aromatic carbocycles. The maximum Gasteiger partial charge on any atom is 0.254 e. The first kappa shape index (κ1) is 14.1. The van der Waals surface area contributed by atoms with Crippen LogP contribution in [0.2, 0.25) is 0 Å². The van der Waals surface area contributed by atoms with E-state index in [0.29, 0.717) is 30.3 Å². The molecule has 1 amide bonds. The van der Waals surface area contributed by atoms with Gasteiger partial charge in [-0.3, -0.25) is 4.79 Å². The van der Waals surface area contributed by atoms with Crippen molar-refractivity contribution in [2.45, 2.75) is 26.3 Å². The zero-order valence-corrected chi connectivity index (χ0v) is 11.5. The van der Waals surface area contributed by atoms with E-state index in [9.17, 15) is 4.79 Å². The maximum absolute atomic E-state index is 11.9. The van der Waals surface area contributed by atoms with Crippen LogP contribution in [-0.2, 0) is 6.54 Å². The fourth-order valence-corrected chi connectivity index (χ4v) is 2.45. The minimum atomic E-state index is -0.0864. The zero-order chi connectivity index (χ0) is 13.7. The van der Waals surface area contributed by atoms with Gasteiger partial charge in [0.1, 0.15) is 12.0 Å². The molecule has 106 valence electrons. The van der Waals surface area contributed by atoms with Gasteiger partial charge in [-0.05, 0) is 37.9 Å². The van der Waals surface area contributed by atoms with Gasteiger partial charge in [-0.25, -0.2) is 0 Å². The van der Waals surface area contributed by atoms with Crippen LogP contribution >= 0.6 is 0 Å². The number of hydrogen-bond acceptors (Lipinski definition) is 4. The molecule has 0 aliphatic carbocycles. The monoisotopic (exact) mass is 265 g/mol. The Morgan fingerprint density at radius 2 is 2.26 bits per heavy atom. The molecule has 0 spiro atoms. The van der Waals surface area contributed by atoms with Crippen LogP contribution in [0.3, 0.4) is 0 Å². The van der Waals surface area contributed by atoms with Crippen LogP contribution in [0.25, 0.3) is 0 Å². The third kappa shape index (κ3) is 4.08. The van der Waals surface area contributed by atoms with Crippen molar-refractivity contribution in [3.63, 3.8) is 0 Å². The number of nitrogens with one attached hydrogen (secondary N) is 1. The summed E-state index contributed by atoms with van der Waals surface area (Å²) in [7, 11) is 0. The van der Waals surface area contributed by atoms with E-state index in [0.717, 1.165) is 6.54 Å². The predicted octanol–water partition coefficient (Wildman–Crippen LogP) is 1.20. The standard InChI is InChI=1S/C14H23N3O2/c1-11(9-17-4-2-3-5-17)8-16-14(18)12-6-13(7-15)19-10-12/h6,10-11H,2-5,7-9,15H2,1H3,(H,16,18). The van der Waals surface area contributed by atoms with E-state index in [1.165, 1.54) is 32.2 Å². The number of rotatable bonds is 6. The van der Waals surface area contributed by atoms with Crippen molar-refractivity contribution in [1.82, 2.24) is 10.2 Å². The van der Waals surface area contributed by atoms with Crippen LogP contribution < -0.4 is 11.1 Å². The molecule has 0 saturated carbocycles. The Labute approximate surface area is 114 Å². The molecule has 1 atom stereocenters. The number of nitrogens with zero attached hydrogens (tertiary/aromatic N) is 1. The van der Waals surface area contributed by atoms with Crippen molar-refractivity contribution in [3.8, 4) is 0 Å². The second-order valence-corrected chi connectivity index (χ2v) is 5.33. The Hall–Kier alpha value is -1.33. The molecule has 19 heavy (non-hydrogen) atoms. The topological polar surface area (TPSA) is 71.5 Å². The van der Waals surface area contributed by atoms with Crippen molar-refractivity contribution in [1.29, 1.82) is 0 Å².